The number of alkyl halides is 3. The van der Waals surface area contributed by atoms with Crippen molar-refractivity contribution in [3.8, 4) is 6.07 Å². The van der Waals surface area contributed by atoms with Crippen LogP contribution in [0.5, 0.6) is 0 Å². The number of nitrogen functional groups attached to an aromatic ring is 1. The Hall–Kier alpha value is -3.33. The lowest BCUT2D eigenvalue weighted by Crippen LogP contribution is -2.32. The molecule has 1 atom stereocenters. The van der Waals surface area contributed by atoms with Gasteiger partial charge in [0.25, 0.3) is 0 Å². The number of nitrogens with zero attached hydrogens (tertiary/aromatic N) is 3. The molecule has 12 heteroatoms. The zero-order valence-electron chi connectivity index (χ0n) is 16.2. The van der Waals surface area contributed by atoms with Crippen molar-refractivity contribution >= 4 is 35.3 Å². The molecule has 172 valence electrons. The number of ketones is 1. The number of carboxylic acids is 1. The van der Waals surface area contributed by atoms with Gasteiger partial charge >= 0.3 is 12.1 Å². The van der Waals surface area contributed by atoms with Gasteiger partial charge in [-0.15, -0.1) is 11.8 Å². The van der Waals surface area contributed by atoms with E-state index in [2.05, 4.69) is 15.3 Å². The number of carbonyl (C=O) groups excluding carboxylic acids is 1. The van der Waals surface area contributed by atoms with Crippen molar-refractivity contribution in [2.75, 3.05) is 17.3 Å². The van der Waals surface area contributed by atoms with Crippen molar-refractivity contribution in [3.63, 3.8) is 0 Å². The van der Waals surface area contributed by atoms with Gasteiger partial charge in [-0.25, -0.2) is 4.98 Å². The highest BCUT2D eigenvalue weighted by Gasteiger charge is 2.31. The lowest BCUT2D eigenvalue weighted by molar-refractivity contribution is -0.138. The minimum atomic E-state index is -4.56. The fraction of sp³-hybridized carbons (Fsp3) is 0.350. The van der Waals surface area contributed by atoms with Crippen LogP contribution in [0.25, 0.3) is 0 Å². The molecular weight excluding hydrogens is 447 g/mol. The Bertz CT molecular complexity index is 1020. The third-order valence-corrected chi connectivity index (χ3v) is 4.86. The monoisotopic (exact) mass is 469 g/mol. The lowest BCUT2D eigenvalue weighted by Gasteiger charge is -2.19. The minimum absolute atomic E-state index is 0. The third kappa shape index (κ3) is 7.12. The van der Waals surface area contributed by atoms with E-state index >= 15 is 0 Å². The van der Waals surface area contributed by atoms with Crippen molar-refractivity contribution in [3.05, 3.63) is 41.0 Å². The van der Waals surface area contributed by atoms with Gasteiger partial charge in [-0.05, 0) is 24.3 Å². The molecule has 0 radical (unpaired) electrons. The summed E-state index contributed by atoms with van der Waals surface area (Å²) < 4.78 is 38.8. The van der Waals surface area contributed by atoms with E-state index < -0.39 is 29.5 Å². The first-order valence-corrected chi connectivity index (χ1v) is 10.1. The van der Waals surface area contributed by atoms with Crippen LogP contribution in [0.2, 0.25) is 0 Å². The van der Waals surface area contributed by atoms with Crippen LogP contribution in [0.3, 0.4) is 0 Å². The fourth-order valence-corrected chi connectivity index (χ4v) is 3.27. The molecule has 0 aliphatic rings. The second kappa shape index (κ2) is 11.3. The van der Waals surface area contributed by atoms with Crippen LogP contribution >= 0.6 is 11.8 Å². The maximum atomic E-state index is 12.9. The van der Waals surface area contributed by atoms with Gasteiger partial charge in [-0.3, -0.25) is 9.59 Å². The van der Waals surface area contributed by atoms with Gasteiger partial charge in [0.1, 0.15) is 16.7 Å². The van der Waals surface area contributed by atoms with Gasteiger partial charge in [-0.1, -0.05) is 25.6 Å². The van der Waals surface area contributed by atoms with E-state index in [-0.39, 0.29) is 54.6 Å². The number of rotatable bonds is 9. The van der Waals surface area contributed by atoms with E-state index in [0.29, 0.717) is 0 Å². The zero-order chi connectivity index (χ0) is 23.2. The third-order valence-electron chi connectivity index (χ3n) is 4.18. The first-order chi connectivity index (χ1) is 14.5. The maximum Gasteiger partial charge on any atom is 0.416 e. The summed E-state index contributed by atoms with van der Waals surface area (Å²) in [4.78, 5) is 31.7. The number of anilines is 2. The van der Waals surface area contributed by atoms with Gasteiger partial charge < -0.3 is 16.2 Å². The zero-order valence-corrected chi connectivity index (χ0v) is 17.0. The van der Waals surface area contributed by atoms with Crippen LogP contribution in [-0.4, -0.2) is 39.1 Å². The Morgan fingerprint density at radius 3 is 2.59 bits per heavy atom. The summed E-state index contributed by atoms with van der Waals surface area (Å²) in [6, 6.07) is 5.10. The van der Waals surface area contributed by atoms with E-state index in [9.17, 15) is 28.0 Å². The second-order valence-corrected chi connectivity index (χ2v) is 7.19. The number of carbonyl (C=O) groups is 2. The molecule has 8 nitrogen and oxygen atoms in total. The highest BCUT2D eigenvalue weighted by atomic mass is 32.2. The molecule has 0 spiro atoms. The number of nitriles is 1. The van der Waals surface area contributed by atoms with Crippen molar-refractivity contribution in [1.82, 2.24) is 9.97 Å². The summed E-state index contributed by atoms with van der Waals surface area (Å²) in [5.74, 6) is -1.93. The molecule has 2 aromatic rings. The van der Waals surface area contributed by atoms with Gasteiger partial charge in [0.15, 0.2) is 11.6 Å². The number of Topliss-reactive ketones (excluding diaryl/α,β-unsaturated/α-hetero) is 1. The normalized spacial score (nSPS) is 11.7. The van der Waals surface area contributed by atoms with Crippen molar-refractivity contribution in [2.24, 2.45) is 0 Å². The first-order valence-electron chi connectivity index (χ1n) is 8.84. The molecule has 0 aliphatic heterocycles. The van der Waals surface area contributed by atoms with Crippen LogP contribution in [0, 0.1) is 11.3 Å². The van der Waals surface area contributed by atoms with E-state index in [0.717, 1.165) is 23.9 Å². The second-order valence-electron chi connectivity index (χ2n) is 6.40. The number of aliphatic carboxylic acids is 1. The molecule has 0 fully saturated rings. The SMILES string of the molecule is C.CSc1nc(N)nc(N[C@@H](CCC(=O)O)C(=O)Cc2cccc(C(F)(F)F)c2)c1C#N. The van der Waals surface area contributed by atoms with Gasteiger partial charge in [0, 0.05) is 12.8 Å². The summed E-state index contributed by atoms with van der Waals surface area (Å²) >= 11 is 1.13. The average molecular weight is 469 g/mol. The molecule has 0 saturated heterocycles. The van der Waals surface area contributed by atoms with Crippen molar-refractivity contribution in [2.45, 2.75) is 43.9 Å². The smallest absolute Gasteiger partial charge is 0.416 e. The van der Waals surface area contributed by atoms with E-state index in [1.165, 1.54) is 12.1 Å². The number of hydrogen-bond acceptors (Lipinski definition) is 8. The lowest BCUT2D eigenvalue weighted by atomic mass is 9.98. The summed E-state index contributed by atoms with van der Waals surface area (Å²) in [7, 11) is 0. The highest BCUT2D eigenvalue weighted by Crippen LogP contribution is 2.30. The molecule has 0 saturated carbocycles. The van der Waals surface area contributed by atoms with Crippen molar-refractivity contribution in [1.29, 1.82) is 5.26 Å². The van der Waals surface area contributed by atoms with Crippen LogP contribution in [-0.2, 0) is 22.2 Å². The number of nitrogens with one attached hydrogen (secondary N) is 1. The van der Waals surface area contributed by atoms with E-state index in [1.807, 2.05) is 6.07 Å². The molecule has 1 heterocycles. The van der Waals surface area contributed by atoms with Crippen LogP contribution in [0.1, 0.15) is 37.0 Å². The predicted octanol–water partition coefficient (Wildman–Crippen LogP) is 3.76. The van der Waals surface area contributed by atoms with E-state index in [1.54, 1.807) is 6.26 Å². The molecule has 0 amide bonds. The Morgan fingerprint density at radius 2 is 2.03 bits per heavy atom. The average Bonchev–Trinajstić information content (AvgIpc) is 2.69. The Balaban J connectivity index is 0.00000512. The predicted molar refractivity (Wildman–Crippen MR) is 114 cm³/mol. The Morgan fingerprint density at radius 1 is 1.34 bits per heavy atom. The molecule has 1 aromatic carbocycles. The van der Waals surface area contributed by atoms with Crippen LogP contribution < -0.4 is 11.1 Å². The number of halogens is 3. The molecular formula is C20H22F3N5O3S. The topological polar surface area (TPSA) is 142 Å². The summed E-state index contributed by atoms with van der Waals surface area (Å²) in [5, 5.41) is 21.4. The van der Waals surface area contributed by atoms with E-state index in [4.69, 9.17) is 10.8 Å². The van der Waals surface area contributed by atoms with Gasteiger partial charge in [-0.2, -0.15) is 23.4 Å². The maximum absolute atomic E-state index is 12.9. The summed E-state index contributed by atoms with van der Waals surface area (Å²) in [5.41, 5.74) is 4.89. The summed E-state index contributed by atoms with van der Waals surface area (Å²) in [6.07, 6.45) is -3.83. The number of nitrogens with two attached hydrogens (primary N) is 1. The standard InChI is InChI=1S/C19H18F3N5O3S.CH4/c1-31-17-12(9-23)16(26-18(24)27-17)25-13(5-6-15(29)30)14(28)8-10-3-2-4-11(7-10)19(20,21)22;/h2-4,7,13H,5-6,8H2,1H3,(H,29,30)(H3,24,25,26,27);1H4/t13-;/m0./s1. The number of benzene rings is 1. The number of aromatic nitrogens is 2. The van der Waals surface area contributed by atoms with Gasteiger partial charge in [0.2, 0.25) is 5.95 Å². The largest absolute Gasteiger partial charge is 0.481 e. The number of thioether (sulfide) groups is 1. The quantitative estimate of drug-likeness (QED) is 0.369. The molecule has 1 aromatic heterocycles. The molecule has 2 rings (SSSR count). The Kier molecular flexibility index (Phi) is 9.46. The molecule has 0 unspecified atom stereocenters. The first kappa shape index (κ1) is 26.7. The molecule has 0 aliphatic carbocycles. The number of carboxylic acid groups (broad SMARTS) is 1. The molecule has 4 N–H and O–H groups in total. The van der Waals surface area contributed by atoms with Crippen molar-refractivity contribution < 1.29 is 27.9 Å². The summed E-state index contributed by atoms with van der Waals surface area (Å²) in [6.45, 7) is 0. The molecule has 0 bridgehead atoms. The Labute approximate surface area is 187 Å². The van der Waals surface area contributed by atoms with Crippen LogP contribution in [0.4, 0.5) is 24.9 Å². The van der Waals surface area contributed by atoms with Crippen LogP contribution in [0.15, 0.2) is 29.3 Å². The molecule has 32 heavy (non-hydrogen) atoms. The number of hydrogen-bond donors (Lipinski definition) is 3. The van der Waals surface area contributed by atoms with Gasteiger partial charge in [0.05, 0.1) is 11.6 Å². The minimum Gasteiger partial charge on any atom is -0.481 e. The highest BCUT2D eigenvalue weighted by molar-refractivity contribution is 7.98. The fourth-order valence-electron chi connectivity index (χ4n) is 2.74.